The summed E-state index contributed by atoms with van der Waals surface area (Å²) in [5, 5.41) is 3.63. The first-order valence-electron chi connectivity index (χ1n) is 7.41. The number of halogens is 1. The van der Waals surface area contributed by atoms with E-state index in [0.717, 1.165) is 31.6 Å². The average molecular weight is 264 g/mol. The largest absolute Gasteiger partial charge is 0.363 e. The number of nitrogens with one attached hydrogen (secondary N) is 1. The normalized spacial score (nSPS) is 25.4. The lowest BCUT2D eigenvalue weighted by Crippen LogP contribution is -2.58. The van der Waals surface area contributed by atoms with Crippen LogP contribution < -0.4 is 10.2 Å². The number of nitrogens with zero attached hydrogens (tertiary/aromatic N) is 1. The van der Waals surface area contributed by atoms with Crippen LogP contribution in [0.25, 0.3) is 0 Å². The van der Waals surface area contributed by atoms with Crippen molar-refractivity contribution in [2.45, 2.75) is 45.7 Å². The number of hydrogen-bond donors (Lipinski definition) is 1. The van der Waals surface area contributed by atoms with Gasteiger partial charge in [-0.3, -0.25) is 0 Å². The van der Waals surface area contributed by atoms with Crippen molar-refractivity contribution in [3.63, 3.8) is 0 Å². The zero-order chi connectivity index (χ0) is 13.8. The SMILES string of the molecule is CCC(C)C1CN(c2ccccc2F)C(CC)CN1. The topological polar surface area (TPSA) is 15.3 Å². The van der Waals surface area contributed by atoms with Crippen LogP contribution in [0.1, 0.15) is 33.6 Å². The fourth-order valence-corrected chi connectivity index (χ4v) is 2.83. The molecule has 1 aliphatic heterocycles. The summed E-state index contributed by atoms with van der Waals surface area (Å²) in [6, 6.07) is 7.98. The Morgan fingerprint density at radius 2 is 2.11 bits per heavy atom. The summed E-state index contributed by atoms with van der Waals surface area (Å²) in [5.74, 6) is 0.512. The van der Waals surface area contributed by atoms with Crippen LogP contribution in [0.2, 0.25) is 0 Å². The number of para-hydroxylation sites is 1. The number of benzene rings is 1. The van der Waals surface area contributed by atoms with E-state index in [4.69, 9.17) is 0 Å². The first-order chi connectivity index (χ1) is 9.17. The first-order valence-corrected chi connectivity index (χ1v) is 7.41. The molecule has 0 spiro atoms. The summed E-state index contributed by atoms with van der Waals surface area (Å²) in [4.78, 5) is 2.25. The zero-order valence-corrected chi connectivity index (χ0v) is 12.2. The molecule has 0 aliphatic carbocycles. The summed E-state index contributed by atoms with van der Waals surface area (Å²) in [6.45, 7) is 8.49. The molecule has 19 heavy (non-hydrogen) atoms. The van der Waals surface area contributed by atoms with Gasteiger partial charge in [-0.1, -0.05) is 39.3 Å². The summed E-state index contributed by atoms with van der Waals surface area (Å²) in [7, 11) is 0. The van der Waals surface area contributed by atoms with E-state index < -0.39 is 0 Å². The molecule has 1 fully saturated rings. The molecule has 3 unspecified atom stereocenters. The number of rotatable bonds is 4. The molecule has 106 valence electrons. The molecular formula is C16H25FN2. The van der Waals surface area contributed by atoms with E-state index in [9.17, 15) is 4.39 Å². The quantitative estimate of drug-likeness (QED) is 0.896. The van der Waals surface area contributed by atoms with Gasteiger partial charge in [0.2, 0.25) is 0 Å². The predicted molar refractivity (Wildman–Crippen MR) is 79.1 cm³/mol. The Morgan fingerprint density at radius 3 is 2.74 bits per heavy atom. The molecular weight excluding hydrogens is 239 g/mol. The van der Waals surface area contributed by atoms with Crippen LogP contribution >= 0.6 is 0 Å². The van der Waals surface area contributed by atoms with E-state index in [1.165, 1.54) is 0 Å². The molecule has 3 heteroatoms. The van der Waals surface area contributed by atoms with E-state index in [0.29, 0.717) is 18.0 Å². The van der Waals surface area contributed by atoms with E-state index in [2.05, 4.69) is 31.0 Å². The Bertz CT molecular complexity index is 407. The smallest absolute Gasteiger partial charge is 0.146 e. The number of piperazine rings is 1. The molecule has 1 aliphatic rings. The lowest BCUT2D eigenvalue weighted by atomic mass is 9.94. The Hall–Kier alpha value is -1.09. The van der Waals surface area contributed by atoms with Crippen LogP contribution in [0.5, 0.6) is 0 Å². The molecule has 0 amide bonds. The van der Waals surface area contributed by atoms with Gasteiger partial charge in [0.05, 0.1) is 5.69 Å². The van der Waals surface area contributed by atoms with Gasteiger partial charge < -0.3 is 10.2 Å². The Labute approximate surface area is 116 Å². The third-order valence-electron chi connectivity index (χ3n) is 4.41. The molecule has 3 atom stereocenters. The minimum atomic E-state index is -0.106. The first kappa shape index (κ1) is 14.3. The van der Waals surface area contributed by atoms with Crippen molar-refractivity contribution in [2.24, 2.45) is 5.92 Å². The highest BCUT2D eigenvalue weighted by Crippen LogP contribution is 2.26. The highest BCUT2D eigenvalue weighted by atomic mass is 19.1. The van der Waals surface area contributed by atoms with Crippen LogP contribution in [0, 0.1) is 11.7 Å². The van der Waals surface area contributed by atoms with Crippen molar-refractivity contribution in [1.82, 2.24) is 5.32 Å². The van der Waals surface area contributed by atoms with E-state index in [1.807, 2.05) is 12.1 Å². The molecule has 0 bridgehead atoms. The van der Waals surface area contributed by atoms with Gasteiger partial charge in [0.25, 0.3) is 0 Å². The van der Waals surface area contributed by atoms with Gasteiger partial charge in [-0.2, -0.15) is 0 Å². The second-order valence-electron chi connectivity index (χ2n) is 5.57. The molecule has 1 saturated heterocycles. The number of anilines is 1. The summed E-state index contributed by atoms with van der Waals surface area (Å²) >= 11 is 0. The van der Waals surface area contributed by atoms with E-state index >= 15 is 0 Å². The van der Waals surface area contributed by atoms with Crippen LogP contribution in [0.3, 0.4) is 0 Å². The van der Waals surface area contributed by atoms with Gasteiger partial charge in [-0.15, -0.1) is 0 Å². The van der Waals surface area contributed by atoms with Crippen molar-refractivity contribution in [1.29, 1.82) is 0 Å². The maximum atomic E-state index is 14.0. The molecule has 0 radical (unpaired) electrons. The summed E-state index contributed by atoms with van der Waals surface area (Å²) in [5.41, 5.74) is 0.754. The van der Waals surface area contributed by atoms with Crippen molar-refractivity contribution in [3.05, 3.63) is 30.1 Å². The van der Waals surface area contributed by atoms with Gasteiger partial charge in [0, 0.05) is 25.2 Å². The van der Waals surface area contributed by atoms with Crippen molar-refractivity contribution in [3.8, 4) is 0 Å². The predicted octanol–water partition coefficient (Wildman–Crippen LogP) is 3.43. The fourth-order valence-electron chi connectivity index (χ4n) is 2.83. The molecule has 1 N–H and O–H groups in total. The maximum Gasteiger partial charge on any atom is 0.146 e. The zero-order valence-electron chi connectivity index (χ0n) is 12.2. The molecule has 2 nitrogen and oxygen atoms in total. The van der Waals surface area contributed by atoms with Crippen molar-refractivity contribution >= 4 is 5.69 Å². The second-order valence-corrected chi connectivity index (χ2v) is 5.57. The summed E-state index contributed by atoms with van der Waals surface area (Å²) < 4.78 is 14.0. The molecule has 0 saturated carbocycles. The minimum Gasteiger partial charge on any atom is -0.363 e. The second kappa shape index (κ2) is 6.38. The van der Waals surface area contributed by atoms with Crippen LogP contribution in [-0.4, -0.2) is 25.2 Å². The standard InChI is InChI=1S/C16H25FN2/c1-4-12(3)15-11-19(13(5-2)10-18-15)16-9-7-6-8-14(16)17/h6-9,12-13,15,18H,4-5,10-11H2,1-3H3. The van der Waals surface area contributed by atoms with Gasteiger partial charge in [0.1, 0.15) is 5.82 Å². The maximum absolute atomic E-state index is 14.0. The number of hydrogen-bond acceptors (Lipinski definition) is 2. The molecule has 0 aromatic heterocycles. The van der Waals surface area contributed by atoms with Crippen LogP contribution in [0.15, 0.2) is 24.3 Å². The Balaban J connectivity index is 2.21. The lowest BCUT2D eigenvalue weighted by molar-refractivity contribution is 0.304. The monoisotopic (exact) mass is 264 g/mol. The highest BCUT2D eigenvalue weighted by Gasteiger charge is 2.30. The van der Waals surface area contributed by atoms with Gasteiger partial charge >= 0.3 is 0 Å². The van der Waals surface area contributed by atoms with Crippen molar-refractivity contribution < 1.29 is 4.39 Å². The van der Waals surface area contributed by atoms with Gasteiger partial charge in [0.15, 0.2) is 0 Å². The van der Waals surface area contributed by atoms with Crippen molar-refractivity contribution in [2.75, 3.05) is 18.0 Å². The third-order valence-corrected chi connectivity index (χ3v) is 4.41. The van der Waals surface area contributed by atoms with Gasteiger partial charge in [-0.05, 0) is 24.5 Å². The van der Waals surface area contributed by atoms with E-state index in [1.54, 1.807) is 12.1 Å². The molecule has 1 aromatic rings. The highest BCUT2D eigenvalue weighted by molar-refractivity contribution is 5.49. The van der Waals surface area contributed by atoms with E-state index in [-0.39, 0.29) is 5.82 Å². The third kappa shape index (κ3) is 3.08. The molecule has 1 heterocycles. The van der Waals surface area contributed by atoms with Crippen LogP contribution in [-0.2, 0) is 0 Å². The van der Waals surface area contributed by atoms with Crippen LogP contribution in [0.4, 0.5) is 10.1 Å². The summed E-state index contributed by atoms with van der Waals surface area (Å²) in [6.07, 6.45) is 2.19. The molecule has 1 aromatic carbocycles. The lowest BCUT2D eigenvalue weighted by Gasteiger charge is -2.43. The van der Waals surface area contributed by atoms with Gasteiger partial charge in [-0.25, -0.2) is 4.39 Å². The Morgan fingerprint density at radius 1 is 1.37 bits per heavy atom. The average Bonchev–Trinajstić information content (AvgIpc) is 2.46. The fraction of sp³-hybridized carbons (Fsp3) is 0.625. The minimum absolute atomic E-state index is 0.106. The Kier molecular flexibility index (Phi) is 4.81. The molecule has 2 rings (SSSR count).